The van der Waals surface area contributed by atoms with Gasteiger partial charge in [0.1, 0.15) is 0 Å². The van der Waals surface area contributed by atoms with Crippen molar-refractivity contribution in [1.29, 1.82) is 0 Å². The average molecular weight is 155 g/mol. The van der Waals surface area contributed by atoms with Crippen LogP contribution in [0.3, 0.4) is 0 Å². The van der Waals surface area contributed by atoms with Crippen molar-refractivity contribution in [2.75, 3.05) is 0 Å². The molecule has 0 nitrogen and oxygen atoms in total. The Bertz CT molecular complexity index is 383. The number of fused-ring (bicyclic) bond motifs is 1. The quantitative estimate of drug-likeness (QED) is 0.593. The average Bonchev–Trinajstić information content (AvgIpc) is 2.17. The molecule has 0 bridgehead atoms. The van der Waals surface area contributed by atoms with Crippen LogP contribution in [-0.2, 0) is 6.42 Å². The molecule has 0 aliphatic carbocycles. The van der Waals surface area contributed by atoms with Crippen LogP contribution in [0.1, 0.15) is 12.5 Å². The molecule has 0 aliphatic heterocycles. The van der Waals surface area contributed by atoms with Gasteiger partial charge in [0.25, 0.3) is 0 Å². The van der Waals surface area contributed by atoms with Crippen LogP contribution in [0.25, 0.3) is 10.8 Å². The summed E-state index contributed by atoms with van der Waals surface area (Å²) < 4.78 is 0. The molecule has 0 heterocycles. The summed E-state index contributed by atoms with van der Waals surface area (Å²) in [5.41, 5.74) is 1.41. The van der Waals surface area contributed by atoms with Crippen molar-refractivity contribution >= 4 is 10.8 Å². The van der Waals surface area contributed by atoms with Gasteiger partial charge in [0.2, 0.25) is 0 Å². The van der Waals surface area contributed by atoms with Crippen molar-refractivity contribution < 1.29 is 0 Å². The fraction of sp³-hybridized carbons (Fsp3) is 0.167. The van der Waals surface area contributed by atoms with Gasteiger partial charge in [-0.05, 0) is 28.8 Å². The molecule has 0 aromatic heterocycles. The predicted molar refractivity (Wildman–Crippen MR) is 52.2 cm³/mol. The Kier molecular flexibility index (Phi) is 1.83. The van der Waals surface area contributed by atoms with E-state index < -0.39 is 0 Å². The maximum Gasteiger partial charge on any atom is -0.00990 e. The van der Waals surface area contributed by atoms with Gasteiger partial charge >= 0.3 is 0 Å². The highest BCUT2D eigenvalue weighted by Gasteiger charge is 1.95. The molecule has 0 aliphatic rings. The molecule has 59 valence electrons. The Balaban J connectivity index is 2.79. The van der Waals surface area contributed by atoms with E-state index in [-0.39, 0.29) is 0 Å². The van der Waals surface area contributed by atoms with E-state index >= 15 is 0 Å². The molecule has 0 unspecified atom stereocenters. The van der Waals surface area contributed by atoms with Crippen LogP contribution in [0.2, 0.25) is 0 Å². The first kappa shape index (κ1) is 7.35. The van der Waals surface area contributed by atoms with E-state index in [0.717, 1.165) is 6.42 Å². The molecular formula is C12H11. The van der Waals surface area contributed by atoms with Gasteiger partial charge in [-0.15, -0.1) is 0 Å². The van der Waals surface area contributed by atoms with Gasteiger partial charge in [-0.3, -0.25) is 0 Å². The molecule has 0 fully saturated rings. The van der Waals surface area contributed by atoms with Crippen molar-refractivity contribution in [2.24, 2.45) is 0 Å². The first-order valence-electron chi connectivity index (χ1n) is 4.30. The largest absolute Gasteiger partial charge is 0.0616 e. The Hall–Kier alpha value is -1.30. The number of hydrogen-bond donors (Lipinski definition) is 0. The van der Waals surface area contributed by atoms with Gasteiger partial charge in [0, 0.05) is 0 Å². The number of rotatable bonds is 1. The topological polar surface area (TPSA) is 0 Å². The van der Waals surface area contributed by atoms with Crippen LogP contribution in [0.5, 0.6) is 0 Å². The van der Waals surface area contributed by atoms with Gasteiger partial charge in [0.05, 0.1) is 0 Å². The zero-order valence-corrected chi connectivity index (χ0v) is 7.17. The summed E-state index contributed by atoms with van der Waals surface area (Å²) >= 11 is 0. The SMILES string of the molecule is CCc1cc[c]c2ccccc12. The minimum absolute atomic E-state index is 1.09. The van der Waals surface area contributed by atoms with Gasteiger partial charge in [-0.25, -0.2) is 0 Å². The zero-order chi connectivity index (χ0) is 8.39. The highest BCUT2D eigenvalue weighted by Crippen LogP contribution is 2.17. The van der Waals surface area contributed by atoms with Crippen LogP contribution in [0.15, 0.2) is 36.4 Å². The summed E-state index contributed by atoms with van der Waals surface area (Å²) in [7, 11) is 0. The van der Waals surface area contributed by atoms with Gasteiger partial charge in [-0.2, -0.15) is 0 Å². The predicted octanol–water partition coefficient (Wildman–Crippen LogP) is 3.20. The van der Waals surface area contributed by atoms with Crippen LogP contribution in [-0.4, -0.2) is 0 Å². The van der Waals surface area contributed by atoms with Crippen molar-refractivity contribution in [3.05, 3.63) is 48.0 Å². The van der Waals surface area contributed by atoms with E-state index in [4.69, 9.17) is 0 Å². The summed E-state index contributed by atoms with van der Waals surface area (Å²) in [5, 5.41) is 2.55. The summed E-state index contributed by atoms with van der Waals surface area (Å²) in [6, 6.07) is 15.8. The summed E-state index contributed by atoms with van der Waals surface area (Å²) in [6.45, 7) is 2.18. The second kappa shape index (κ2) is 2.98. The minimum Gasteiger partial charge on any atom is -0.0616 e. The Labute approximate surface area is 72.8 Å². The molecule has 2 aromatic rings. The maximum absolute atomic E-state index is 3.23. The second-order valence-corrected chi connectivity index (χ2v) is 2.90. The molecule has 2 aromatic carbocycles. The Morgan fingerprint density at radius 1 is 1.17 bits per heavy atom. The fourth-order valence-electron chi connectivity index (χ4n) is 1.52. The molecular weight excluding hydrogens is 144 g/mol. The fourth-order valence-corrected chi connectivity index (χ4v) is 1.52. The third-order valence-electron chi connectivity index (χ3n) is 2.18. The Morgan fingerprint density at radius 3 is 2.83 bits per heavy atom. The molecule has 2 rings (SSSR count). The van der Waals surface area contributed by atoms with Crippen molar-refractivity contribution in [3.63, 3.8) is 0 Å². The lowest BCUT2D eigenvalue weighted by molar-refractivity contribution is 1.16. The van der Waals surface area contributed by atoms with E-state index in [1.807, 2.05) is 6.07 Å². The van der Waals surface area contributed by atoms with Crippen LogP contribution >= 0.6 is 0 Å². The molecule has 12 heavy (non-hydrogen) atoms. The molecule has 0 atom stereocenters. The van der Waals surface area contributed by atoms with Crippen molar-refractivity contribution in [2.45, 2.75) is 13.3 Å². The number of benzene rings is 2. The lowest BCUT2D eigenvalue weighted by atomic mass is 10.0. The smallest absolute Gasteiger partial charge is 0.00990 e. The van der Waals surface area contributed by atoms with E-state index in [1.165, 1.54) is 16.3 Å². The zero-order valence-electron chi connectivity index (χ0n) is 7.17. The lowest BCUT2D eigenvalue weighted by Gasteiger charge is -2.01. The first-order valence-corrected chi connectivity index (χ1v) is 4.30. The van der Waals surface area contributed by atoms with Crippen LogP contribution in [0.4, 0.5) is 0 Å². The maximum atomic E-state index is 3.23. The molecule has 0 saturated heterocycles. The van der Waals surface area contributed by atoms with Crippen LogP contribution in [0, 0.1) is 6.07 Å². The highest BCUT2D eigenvalue weighted by molar-refractivity contribution is 5.85. The molecule has 0 N–H and O–H groups in total. The first-order chi connectivity index (χ1) is 5.92. The molecule has 0 spiro atoms. The number of hydrogen-bond acceptors (Lipinski definition) is 0. The van der Waals surface area contributed by atoms with E-state index in [1.54, 1.807) is 0 Å². The highest BCUT2D eigenvalue weighted by atomic mass is 14.0. The molecule has 1 radical (unpaired) electrons. The number of aryl methyl sites for hydroxylation is 1. The standard InChI is InChI=1S/C12H11/c1-2-10-7-5-8-11-6-3-4-9-12(10)11/h3-7,9H,2H2,1H3. The van der Waals surface area contributed by atoms with E-state index in [2.05, 4.69) is 43.3 Å². The Morgan fingerprint density at radius 2 is 2.00 bits per heavy atom. The van der Waals surface area contributed by atoms with Crippen LogP contribution < -0.4 is 0 Å². The normalized spacial score (nSPS) is 10.4. The van der Waals surface area contributed by atoms with E-state index in [9.17, 15) is 0 Å². The van der Waals surface area contributed by atoms with Crippen molar-refractivity contribution in [3.8, 4) is 0 Å². The molecule has 0 amide bonds. The summed E-state index contributed by atoms with van der Waals surface area (Å²) in [4.78, 5) is 0. The second-order valence-electron chi connectivity index (χ2n) is 2.90. The van der Waals surface area contributed by atoms with E-state index in [0.29, 0.717) is 0 Å². The van der Waals surface area contributed by atoms with Gasteiger partial charge in [0.15, 0.2) is 0 Å². The minimum atomic E-state index is 1.09. The van der Waals surface area contributed by atoms with Gasteiger partial charge in [-0.1, -0.05) is 43.3 Å². The monoisotopic (exact) mass is 155 g/mol. The summed E-state index contributed by atoms with van der Waals surface area (Å²) in [6.07, 6.45) is 1.09. The molecule has 0 saturated carbocycles. The summed E-state index contributed by atoms with van der Waals surface area (Å²) in [5.74, 6) is 0. The third-order valence-corrected chi connectivity index (χ3v) is 2.18. The third kappa shape index (κ3) is 1.10. The van der Waals surface area contributed by atoms with Gasteiger partial charge < -0.3 is 0 Å². The van der Waals surface area contributed by atoms with Crippen molar-refractivity contribution in [1.82, 2.24) is 0 Å². The lowest BCUT2D eigenvalue weighted by Crippen LogP contribution is -1.81. The molecule has 0 heteroatoms.